The van der Waals surface area contributed by atoms with E-state index >= 15 is 0 Å². The Kier molecular flexibility index (Phi) is 3.93. The van der Waals surface area contributed by atoms with E-state index in [2.05, 4.69) is 66.7 Å². The van der Waals surface area contributed by atoms with Crippen molar-refractivity contribution in [1.29, 1.82) is 0 Å². The molecule has 1 aliphatic rings. The van der Waals surface area contributed by atoms with Crippen molar-refractivity contribution in [3.63, 3.8) is 0 Å². The summed E-state index contributed by atoms with van der Waals surface area (Å²) in [6.07, 6.45) is 0. The van der Waals surface area contributed by atoms with Crippen LogP contribution in [-0.2, 0) is 4.65 Å². The summed E-state index contributed by atoms with van der Waals surface area (Å²) in [5, 5.41) is 15.4. The van der Waals surface area contributed by atoms with E-state index in [4.69, 9.17) is 4.65 Å². The molecule has 2 nitrogen and oxygen atoms in total. The second kappa shape index (κ2) is 6.19. The lowest BCUT2D eigenvalue weighted by atomic mass is 9.79. The largest absolute Gasteiger partial charge is 0.427 e. The average Bonchev–Trinajstić information content (AvgIpc) is 3.00. The molecule has 1 aliphatic carbocycles. The van der Waals surface area contributed by atoms with Gasteiger partial charge in [0.05, 0.1) is 11.2 Å². The zero-order valence-corrected chi connectivity index (χ0v) is 17.3. The van der Waals surface area contributed by atoms with Gasteiger partial charge in [0.1, 0.15) is 0 Å². The van der Waals surface area contributed by atoms with Gasteiger partial charge in [0.2, 0.25) is 0 Å². The van der Waals surface area contributed by atoms with Crippen LogP contribution in [0.2, 0.25) is 0 Å². The predicted octanol–water partition coefficient (Wildman–Crippen LogP) is 5.45. The minimum atomic E-state index is -0.950. The number of hydrogen-bond donors (Lipinski definition) is 1. The number of aliphatic hydroxyl groups is 1. The molecule has 3 heteroatoms. The molecule has 0 saturated heterocycles. The number of rotatable bonds is 4. The summed E-state index contributed by atoms with van der Waals surface area (Å²) in [6.45, 7) is 7.36. The second-order valence-electron chi connectivity index (χ2n) is 8.98. The van der Waals surface area contributed by atoms with Crippen molar-refractivity contribution in [3.05, 3.63) is 66.7 Å². The van der Waals surface area contributed by atoms with Gasteiger partial charge in [-0.05, 0) is 89.1 Å². The summed E-state index contributed by atoms with van der Waals surface area (Å²) in [7, 11) is 1.79. The molecule has 0 amide bonds. The minimum absolute atomic E-state index is 0.698. The first-order valence-electron chi connectivity index (χ1n) is 10.1. The maximum absolute atomic E-state index is 10.4. The molecular formula is C26H24BO2. The third-order valence-electron chi connectivity index (χ3n) is 6.49. The van der Waals surface area contributed by atoms with Crippen molar-refractivity contribution in [2.24, 2.45) is 0 Å². The Hall–Kier alpha value is -2.62. The first kappa shape index (κ1) is 18.4. The molecule has 0 heterocycles. The highest BCUT2D eigenvalue weighted by Crippen LogP contribution is 2.48. The van der Waals surface area contributed by atoms with Gasteiger partial charge in [-0.25, -0.2) is 0 Å². The van der Waals surface area contributed by atoms with E-state index in [-0.39, 0.29) is 0 Å². The normalized spacial score (nSPS) is 13.1. The maximum atomic E-state index is 10.4. The van der Waals surface area contributed by atoms with Gasteiger partial charge in [-0.15, -0.1) is 0 Å². The summed E-state index contributed by atoms with van der Waals surface area (Å²) in [4.78, 5) is 0. The van der Waals surface area contributed by atoms with Gasteiger partial charge >= 0.3 is 7.48 Å². The summed E-state index contributed by atoms with van der Waals surface area (Å²) < 4.78 is 6.05. The Morgan fingerprint density at radius 2 is 1.34 bits per heavy atom. The quantitative estimate of drug-likeness (QED) is 0.421. The van der Waals surface area contributed by atoms with Crippen LogP contribution >= 0.6 is 0 Å². The van der Waals surface area contributed by atoms with Crippen molar-refractivity contribution in [1.82, 2.24) is 0 Å². The number of hydrogen-bond acceptors (Lipinski definition) is 2. The molecule has 0 bridgehead atoms. The van der Waals surface area contributed by atoms with Crippen LogP contribution in [0.15, 0.2) is 66.7 Å². The van der Waals surface area contributed by atoms with Crippen LogP contribution in [0.4, 0.5) is 0 Å². The topological polar surface area (TPSA) is 29.5 Å². The zero-order chi connectivity index (χ0) is 20.4. The predicted molar refractivity (Wildman–Crippen MR) is 123 cm³/mol. The molecule has 1 radical (unpaired) electrons. The third-order valence-corrected chi connectivity index (χ3v) is 6.49. The van der Waals surface area contributed by atoms with Crippen LogP contribution in [0, 0.1) is 0 Å². The lowest BCUT2D eigenvalue weighted by molar-refractivity contribution is -0.0893. The van der Waals surface area contributed by atoms with E-state index in [1.807, 2.05) is 13.8 Å². The molecule has 29 heavy (non-hydrogen) atoms. The Balaban J connectivity index is 1.64. The van der Waals surface area contributed by atoms with Gasteiger partial charge in [0.25, 0.3) is 0 Å². The van der Waals surface area contributed by atoms with Crippen LogP contribution in [0.3, 0.4) is 0 Å². The lowest BCUT2D eigenvalue weighted by Gasteiger charge is -2.37. The molecule has 0 aliphatic heterocycles. The number of benzene rings is 4. The molecule has 0 unspecified atom stereocenters. The average molecular weight is 379 g/mol. The molecule has 5 rings (SSSR count). The summed E-state index contributed by atoms with van der Waals surface area (Å²) in [5.41, 5.74) is 4.51. The fourth-order valence-electron chi connectivity index (χ4n) is 4.02. The Morgan fingerprint density at radius 1 is 0.724 bits per heavy atom. The smallest absolute Gasteiger partial charge is 0.331 e. The Morgan fingerprint density at radius 3 is 1.97 bits per heavy atom. The zero-order valence-electron chi connectivity index (χ0n) is 17.3. The van der Waals surface area contributed by atoms with Gasteiger partial charge < -0.3 is 9.76 Å². The van der Waals surface area contributed by atoms with Crippen molar-refractivity contribution in [2.45, 2.75) is 38.9 Å². The van der Waals surface area contributed by atoms with Gasteiger partial charge in [-0.2, -0.15) is 0 Å². The molecule has 4 aromatic rings. The fourth-order valence-corrected chi connectivity index (χ4v) is 4.02. The molecule has 0 spiro atoms. The minimum Gasteiger partial charge on any atom is -0.427 e. The van der Waals surface area contributed by atoms with Crippen LogP contribution in [-0.4, -0.2) is 23.8 Å². The van der Waals surface area contributed by atoms with Crippen LogP contribution < -0.4 is 5.46 Å². The van der Waals surface area contributed by atoms with Crippen molar-refractivity contribution >= 4 is 34.5 Å². The van der Waals surface area contributed by atoms with Crippen LogP contribution in [0.1, 0.15) is 27.7 Å². The molecule has 4 aromatic carbocycles. The maximum Gasteiger partial charge on any atom is 0.331 e. The van der Waals surface area contributed by atoms with E-state index < -0.39 is 11.2 Å². The van der Waals surface area contributed by atoms with E-state index in [0.717, 1.165) is 5.46 Å². The van der Waals surface area contributed by atoms with Crippen molar-refractivity contribution in [2.75, 3.05) is 0 Å². The van der Waals surface area contributed by atoms with E-state index in [1.54, 1.807) is 21.3 Å². The standard InChI is InChI=1S/C26H24BO2/c1-25(2,28)26(3,4)29-27-23-13-12-19-22-15-17-9-6-5-8-16(17)14-21(22)18-10-7-11-20(23)24(18)19/h5-15,28H,1-4H3. The summed E-state index contributed by atoms with van der Waals surface area (Å²) >= 11 is 0. The van der Waals surface area contributed by atoms with E-state index in [9.17, 15) is 5.11 Å². The van der Waals surface area contributed by atoms with Gasteiger partial charge in [0, 0.05) is 0 Å². The molecule has 143 valence electrons. The van der Waals surface area contributed by atoms with Gasteiger partial charge in [-0.1, -0.05) is 54.6 Å². The molecule has 0 saturated carbocycles. The Bertz CT molecular complexity index is 1220. The molecular weight excluding hydrogens is 355 g/mol. The van der Waals surface area contributed by atoms with Gasteiger partial charge in [-0.3, -0.25) is 0 Å². The first-order chi connectivity index (χ1) is 13.8. The highest BCUT2D eigenvalue weighted by atomic mass is 16.5. The summed E-state index contributed by atoms with van der Waals surface area (Å²) in [6, 6.07) is 23.9. The first-order valence-corrected chi connectivity index (χ1v) is 10.1. The van der Waals surface area contributed by atoms with Crippen LogP contribution in [0.5, 0.6) is 0 Å². The van der Waals surface area contributed by atoms with Crippen molar-refractivity contribution < 1.29 is 9.76 Å². The molecule has 0 fully saturated rings. The fraction of sp³-hybridized carbons (Fsp3) is 0.231. The van der Waals surface area contributed by atoms with Gasteiger partial charge in [0.15, 0.2) is 0 Å². The second-order valence-corrected chi connectivity index (χ2v) is 8.98. The SMILES string of the molecule is CC(C)(O)C(C)(C)O[B]c1ccc2c3c(cccc13)-c1cc3ccccc3cc1-2. The number of fused-ring (bicyclic) bond motifs is 4. The lowest BCUT2D eigenvalue weighted by Crippen LogP contribution is -2.49. The van der Waals surface area contributed by atoms with E-state index in [1.165, 1.54) is 43.8 Å². The highest BCUT2D eigenvalue weighted by Gasteiger charge is 2.36. The molecule has 0 aromatic heterocycles. The highest BCUT2D eigenvalue weighted by molar-refractivity contribution is 6.52. The molecule has 0 atom stereocenters. The monoisotopic (exact) mass is 379 g/mol. The van der Waals surface area contributed by atoms with Crippen molar-refractivity contribution in [3.8, 4) is 22.3 Å². The van der Waals surface area contributed by atoms with E-state index in [0.29, 0.717) is 0 Å². The summed E-state index contributed by atoms with van der Waals surface area (Å²) in [5.74, 6) is 0. The third kappa shape index (κ3) is 2.80. The van der Waals surface area contributed by atoms with Crippen LogP contribution in [0.25, 0.3) is 43.8 Å². The molecule has 1 N–H and O–H groups in total. The Labute approximate surface area is 172 Å².